The molecule has 0 saturated carbocycles. The van der Waals surface area contributed by atoms with Crippen LogP contribution in [0.5, 0.6) is 0 Å². The third-order valence-electron chi connectivity index (χ3n) is 0.610. The molecule has 0 fully saturated rings. The van der Waals surface area contributed by atoms with Gasteiger partial charge in [0, 0.05) is 6.92 Å². The van der Waals surface area contributed by atoms with E-state index in [2.05, 4.69) is 16.9 Å². The van der Waals surface area contributed by atoms with Crippen LogP contribution < -0.4 is 0 Å². The van der Waals surface area contributed by atoms with Crippen LogP contribution in [-0.2, 0) is 9.57 Å². The van der Waals surface area contributed by atoms with Crippen molar-refractivity contribution in [1.82, 2.24) is 0 Å². The third-order valence-corrected chi connectivity index (χ3v) is 0.610. The minimum absolute atomic E-state index is 0.367. The monoisotopic (exact) mass is 100 g/mol. The molecular weight excluding hydrogens is 94.0 g/mol. The van der Waals surface area contributed by atoms with Crippen molar-refractivity contribution >= 4 is 5.90 Å². The van der Waals surface area contributed by atoms with E-state index in [1.807, 2.05) is 0 Å². The van der Waals surface area contributed by atoms with Gasteiger partial charge in [0.25, 0.3) is 0 Å². The smallest absolute Gasteiger partial charge is 0.226 e. The zero-order chi connectivity index (χ0) is 5.11. The van der Waals surface area contributed by atoms with E-state index in [-0.39, 0.29) is 0 Å². The van der Waals surface area contributed by atoms with Crippen molar-refractivity contribution < 1.29 is 9.57 Å². The Morgan fingerprint density at radius 3 is 2.71 bits per heavy atom. The highest BCUT2D eigenvalue weighted by Crippen LogP contribution is 1.90. The van der Waals surface area contributed by atoms with Crippen LogP contribution in [0.15, 0.2) is 5.16 Å². The molecule has 0 bridgehead atoms. The Morgan fingerprint density at radius 2 is 2.43 bits per heavy atom. The van der Waals surface area contributed by atoms with Crippen LogP contribution in [0.1, 0.15) is 0 Å². The summed E-state index contributed by atoms with van der Waals surface area (Å²) in [6.45, 7) is 4.51. The fourth-order valence-corrected chi connectivity index (χ4v) is 0.341. The van der Waals surface area contributed by atoms with Crippen LogP contribution >= 0.6 is 0 Å². The molecule has 0 N–H and O–H groups in total. The lowest BCUT2D eigenvalue weighted by Gasteiger charge is -2.08. The largest absolute Gasteiger partial charge is 0.475 e. The van der Waals surface area contributed by atoms with Crippen molar-refractivity contribution in [2.24, 2.45) is 5.16 Å². The van der Waals surface area contributed by atoms with Gasteiger partial charge in [0.1, 0.15) is 6.61 Å². The standard InChI is InChI=1S/C4H6NO2/c1-4-5-7-3-2-6-4/h1-3H2. The van der Waals surface area contributed by atoms with Crippen molar-refractivity contribution in [3.05, 3.63) is 6.92 Å². The first kappa shape index (κ1) is 4.43. The Hall–Kier alpha value is -0.730. The van der Waals surface area contributed by atoms with E-state index in [1.54, 1.807) is 0 Å². The van der Waals surface area contributed by atoms with E-state index in [0.717, 1.165) is 0 Å². The van der Waals surface area contributed by atoms with Crippen molar-refractivity contribution in [3.8, 4) is 0 Å². The Kier molecular flexibility index (Phi) is 1.15. The lowest BCUT2D eigenvalue weighted by molar-refractivity contribution is 0.0659. The molecule has 0 spiro atoms. The Labute approximate surface area is 41.9 Å². The van der Waals surface area contributed by atoms with Crippen molar-refractivity contribution in [2.45, 2.75) is 0 Å². The Balaban J connectivity index is 2.40. The van der Waals surface area contributed by atoms with E-state index in [4.69, 9.17) is 4.74 Å². The summed E-state index contributed by atoms with van der Waals surface area (Å²) in [5.41, 5.74) is 0. The quantitative estimate of drug-likeness (QED) is 0.434. The van der Waals surface area contributed by atoms with Crippen LogP contribution in [0.3, 0.4) is 0 Å². The van der Waals surface area contributed by atoms with Gasteiger partial charge in [-0.2, -0.15) is 0 Å². The first-order valence-electron chi connectivity index (χ1n) is 2.04. The molecule has 1 aliphatic rings. The molecule has 0 aromatic heterocycles. The van der Waals surface area contributed by atoms with Gasteiger partial charge in [0.2, 0.25) is 5.90 Å². The maximum Gasteiger partial charge on any atom is 0.226 e. The predicted octanol–water partition coefficient (Wildman–Crippen LogP) is 0.181. The van der Waals surface area contributed by atoms with Crippen LogP contribution in [0.2, 0.25) is 0 Å². The summed E-state index contributed by atoms with van der Waals surface area (Å²) in [5, 5.41) is 3.41. The molecule has 39 valence electrons. The SMILES string of the molecule is [CH2]C1=NOCCO1. The van der Waals surface area contributed by atoms with E-state index in [0.29, 0.717) is 19.1 Å². The van der Waals surface area contributed by atoms with Gasteiger partial charge in [-0.3, -0.25) is 0 Å². The summed E-state index contributed by atoms with van der Waals surface area (Å²) >= 11 is 0. The summed E-state index contributed by atoms with van der Waals surface area (Å²) in [7, 11) is 0. The van der Waals surface area contributed by atoms with Gasteiger partial charge in [0.05, 0.1) is 0 Å². The maximum absolute atomic E-state index is 4.79. The lowest BCUT2D eigenvalue weighted by atomic mass is 10.7. The molecule has 7 heavy (non-hydrogen) atoms. The third kappa shape index (κ3) is 1.07. The number of hydrogen-bond acceptors (Lipinski definition) is 3. The molecular formula is C4H6NO2. The molecule has 0 aromatic carbocycles. The average Bonchev–Trinajstić information content (AvgIpc) is 1.69. The van der Waals surface area contributed by atoms with E-state index in [9.17, 15) is 0 Å². The summed E-state index contributed by atoms with van der Waals surface area (Å²) in [4.78, 5) is 4.58. The highest BCUT2D eigenvalue weighted by atomic mass is 16.7. The minimum Gasteiger partial charge on any atom is -0.475 e. The van der Waals surface area contributed by atoms with Crippen LogP contribution in [-0.4, -0.2) is 19.1 Å². The second-order valence-corrected chi connectivity index (χ2v) is 1.17. The van der Waals surface area contributed by atoms with Gasteiger partial charge in [-0.25, -0.2) is 0 Å². The molecule has 0 amide bonds. The topological polar surface area (TPSA) is 30.8 Å². The van der Waals surface area contributed by atoms with Crippen LogP contribution in [0.4, 0.5) is 0 Å². The second-order valence-electron chi connectivity index (χ2n) is 1.17. The van der Waals surface area contributed by atoms with Gasteiger partial charge in [-0.05, 0) is 0 Å². The van der Waals surface area contributed by atoms with Crippen LogP contribution in [0.25, 0.3) is 0 Å². The molecule has 1 heterocycles. The van der Waals surface area contributed by atoms with Gasteiger partial charge >= 0.3 is 0 Å². The summed E-state index contributed by atoms with van der Waals surface area (Å²) < 4.78 is 4.79. The van der Waals surface area contributed by atoms with Gasteiger partial charge in [-0.1, -0.05) is 5.16 Å². The van der Waals surface area contributed by atoms with Crippen LogP contribution in [0, 0.1) is 6.92 Å². The first-order valence-corrected chi connectivity index (χ1v) is 2.04. The highest BCUT2D eigenvalue weighted by Gasteiger charge is 1.97. The average molecular weight is 100 g/mol. The fourth-order valence-electron chi connectivity index (χ4n) is 0.341. The fraction of sp³-hybridized carbons (Fsp3) is 0.500. The molecule has 0 aromatic rings. The molecule has 0 atom stereocenters. The maximum atomic E-state index is 4.79. The summed E-state index contributed by atoms with van der Waals surface area (Å²) in [6, 6.07) is 0. The number of hydrogen-bond donors (Lipinski definition) is 0. The number of rotatable bonds is 0. The van der Waals surface area contributed by atoms with Gasteiger partial charge in [0.15, 0.2) is 6.61 Å². The predicted molar refractivity (Wildman–Crippen MR) is 24.7 cm³/mol. The number of ether oxygens (including phenoxy) is 1. The lowest BCUT2D eigenvalue weighted by Crippen LogP contribution is -2.12. The van der Waals surface area contributed by atoms with Gasteiger partial charge < -0.3 is 9.57 Å². The second kappa shape index (κ2) is 1.82. The molecule has 1 radical (unpaired) electrons. The molecule has 3 heteroatoms. The van der Waals surface area contributed by atoms with E-state index in [1.165, 1.54) is 0 Å². The summed E-state index contributed by atoms with van der Waals surface area (Å²) in [6.07, 6.45) is 0. The first-order chi connectivity index (χ1) is 3.39. The van der Waals surface area contributed by atoms with Crippen molar-refractivity contribution in [1.29, 1.82) is 0 Å². The normalized spacial score (nSPS) is 19.3. The zero-order valence-corrected chi connectivity index (χ0v) is 3.89. The molecule has 1 rings (SSSR count). The van der Waals surface area contributed by atoms with E-state index >= 15 is 0 Å². The van der Waals surface area contributed by atoms with E-state index < -0.39 is 0 Å². The Bertz CT molecular complexity index is 89.7. The zero-order valence-electron chi connectivity index (χ0n) is 3.89. The molecule has 0 saturated heterocycles. The van der Waals surface area contributed by atoms with Crippen molar-refractivity contribution in [3.63, 3.8) is 0 Å². The molecule has 3 nitrogen and oxygen atoms in total. The number of oxime groups is 1. The van der Waals surface area contributed by atoms with Crippen molar-refractivity contribution in [2.75, 3.05) is 13.2 Å². The highest BCUT2D eigenvalue weighted by molar-refractivity contribution is 5.79. The Morgan fingerprint density at radius 1 is 1.57 bits per heavy atom. The molecule has 0 unspecified atom stereocenters. The molecule has 1 aliphatic heterocycles. The van der Waals surface area contributed by atoms with Gasteiger partial charge in [-0.15, -0.1) is 0 Å². The molecule has 0 aliphatic carbocycles. The number of nitrogens with zero attached hydrogens (tertiary/aromatic N) is 1. The summed E-state index contributed by atoms with van der Waals surface area (Å²) in [5.74, 6) is 0.367. The minimum atomic E-state index is 0.367.